The first-order valence-electron chi connectivity index (χ1n) is 7.96. The smallest absolute Gasteiger partial charge is 0.193 e. The van der Waals surface area contributed by atoms with Crippen LogP contribution in [0.5, 0.6) is 11.5 Å². The van der Waals surface area contributed by atoms with Gasteiger partial charge in [0.1, 0.15) is 0 Å². The molecule has 0 spiro atoms. The maximum Gasteiger partial charge on any atom is 0.193 e. The minimum atomic E-state index is 0. The number of allylic oxidation sites excluding steroid dienone is 1. The topological polar surface area (TPSA) is 68.9 Å². The van der Waals surface area contributed by atoms with E-state index in [1.54, 1.807) is 0 Å². The van der Waals surface area contributed by atoms with Gasteiger partial charge in [0.2, 0.25) is 0 Å². The van der Waals surface area contributed by atoms with Gasteiger partial charge in [0.15, 0.2) is 17.5 Å². The van der Waals surface area contributed by atoms with Crippen LogP contribution in [0.25, 0.3) is 0 Å². The molecule has 1 aromatic carbocycles. The van der Waals surface area contributed by atoms with Gasteiger partial charge in [0.25, 0.3) is 0 Å². The average Bonchev–Trinajstić information content (AvgIpc) is 2.91. The number of hydrogen-bond acceptors (Lipinski definition) is 3. The van der Waals surface area contributed by atoms with Crippen LogP contribution in [0.2, 0.25) is 0 Å². The Labute approximate surface area is 154 Å². The largest absolute Gasteiger partial charge is 0.490 e. The molecule has 3 N–H and O–H groups in total. The van der Waals surface area contributed by atoms with E-state index in [0.29, 0.717) is 19.2 Å². The quantitative estimate of drug-likeness (QED) is 0.332. The molecular formula is C17H24IN3O2. The van der Waals surface area contributed by atoms with E-state index in [9.17, 15) is 0 Å². The lowest BCUT2D eigenvalue weighted by atomic mass is 10.2. The number of halogens is 1. The van der Waals surface area contributed by atoms with E-state index in [2.05, 4.69) is 16.4 Å². The molecule has 0 saturated carbocycles. The molecule has 0 radical (unpaired) electrons. The Morgan fingerprint density at radius 2 is 2.00 bits per heavy atom. The number of ether oxygens (including phenoxy) is 2. The number of anilines is 1. The molecule has 0 bridgehead atoms. The number of fused-ring (bicyclic) bond motifs is 1. The molecule has 0 amide bonds. The van der Waals surface area contributed by atoms with Crippen molar-refractivity contribution in [3.63, 3.8) is 0 Å². The lowest BCUT2D eigenvalue weighted by molar-refractivity contribution is 0.297. The summed E-state index contributed by atoms with van der Waals surface area (Å²) in [6.07, 6.45) is 7.93. The predicted octanol–water partition coefficient (Wildman–Crippen LogP) is 3.69. The number of guanidine groups is 1. The van der Waals surface area contributed by atoms with Crippen molar-refractivity contribution < 1.29 is 9.47 Å². The van der Waals surface area contributed by atoms with Gasteiger partial charge in [0.05, 0.1) is 13.2 Å². The van der Waals surface area contributed by atoms with Crippen molar-refractivity contribution in [1.82, 2.24) is 0 Å². The summed E-state index contributed by atoms with van der Waals surface area (Å²) in [7, 11) is 0. The highest BCUT2D eigenvalue weighted by atomic mass is 127. The minimum absolute atomic E-state index is 0. The summed E-state index contributed by atoms with van der Waals surface area (Å²) < 4.78 is 11.3. The second kappa shape index (κ2) is 9.00. The number of nitrogens with zero attached hydrogens (tertiary/aromatic N) is 1. The second-order valence-electron chi connectivity index (χ2n) is 5.61. The molecule has 0 saturated heterocycles. The highest BCUT2D eigenvalue weighted by Gasteiger charge is 2.11. The molecule has 1 aliphatic carbocycles. The first-order valence-corrected chi connectivity index (χ1v) is 7.96. The number of benzene rings is 1. The molecule has 23 heavy (non-hydrogen) atoms. The molecule has 1 heterocycles. The highest BCUT2D eigenvalue weighted by molar-refractivity contribution is 14.0. The second-order valence-corrected chi connectivity index (χ2v) is 5.61. The Morgan fingerprint density at radius 1 is 1.17 bits per heavy atom. The molecule has 126 valence electrons. The van der Waals surface area contributed by atoms with E-state index in [1.165, 1.54) is 24.8 Å². The Bertz CT molecular complexity index is 587. The SMILES string of the molecule is I.NC(=NCCC1=CCCC1)Nc1ccc2c(c1)OCCCO2. The molecule has 0 atom stereocenters. The van der Waals surface area contributed by atoms with Crippen LogP contribution in [-0.4, -0.2) is 25.7 Å². The van der Waals surface area contributed by atoms with E-state index in [-0.39, 0.29) is 24.0 Å². The van der Waals surface area contributed by atoms with Crippen LogP contribution in [0.3, 0.4) is 0 Å². The van der Waals surface area contributed by atoms with Crippen LogP contribution in [0.4, 0.5) is 5.69 Å². The van der Waals surface area contributed by atoms with Crippen molar-refractivity contribution in [3.8, 4) is 11.5 Å². The molecular weight excluding hydrogens is 405 g/mol. The number of aliphatic imine (C=N–C) groups is 1. The summed E-state index contributed by atoms with van der Waals surface area (Å²) in [4.78, 5) is 4.38. The first kappa shape index (κ1) is 17.9. The average molecular weight is 429 g/mol. The first-order chi connectivity index (χ1) is 10.8. The van der Waals surface area contributed by atoms with E-state index in [1.807, 2.05) is 18.2 Å². The summed E-state index contributed by atoms with van der Waals surface area (Å²) in [5.74, 6) is 1.98. The van der Waals surface area contributed by atoms with Crippen LogP contribution in [-0.2, 0) is 0 Å². The summed E-state index contributed by atoms with van der Waals surface area (Å²) in [6.45, 7) is 2.10. The molecule has 0 aromatic heterocycles. The van der Waals surface area contributed by atoms with Gasteiger partial charge in [-0.15, -0.1) is 24.0 Å². The third-order valence-electron chi connectivity index (χ3n) is 3.87. The number of rotatable bonds is 4. The molecule has 0 unspecified atom stereocenters. The number of nitrogens with two attached hydrogens (primary N) is 1. The molecule has 6 heteroatoms. The molecule has 2 aliphatic rings. The van der Waals surface area contributed by atoms with Gasteiger partial charge in [0, 0.05) is 24.7 Å². The molecule has 1 aliphatic heterocycles. The predicted molar refractivity (Wildman–Crippen MR) is 104 cm³/mol. The monoisotopic (exact) mass is 429 g/mol. The van der Waals surface area contributed by atoms with E-state index < -0.39 is 0 Å². The lowest BCUT2D eigenvalue weighted by Crippen LogP contribution is -2.22. The molecule has 3 rings (SSSR count). The number of hydrogen-bond donors (Lipinski definition) is 2. The molecule has 1 aromatic rings. The van der Waals surface area contributed by atoms with Gasteiger partial charge < -0.3 is 20.5 Å². The Kier molecular flexibility index (Phi) is 7.01. The molecule has 5 nitrogen and oxygen atoms in total. The third kappa shape index (κ3) is 5.30. The van der Waals surface area contributed by atoms with Crippen molar-refractivity contribution in [2.45, 2.75) is 32.1 Å². The Morgan fingerprint density at radius 3 is 2.78 bits per heavy atom. The summed E-state index contributed by atoms with van der Waals surface area (Å²) in [5.41, 5.74) is 8.32. The van der Waals surface area contributed by atoms with Gasteiger partial charge in [-0.25, -0.2) is 0 Å². The van der Waals surface area contributed by atoms with Crippen LogP contribution >= 0.6 is 24.0 Å². The fraction of sp³-hybridized carbons (Fsp3) is 0.471. The van der Waals surface area contributed by atoms with Crippen molar-refractivity contribution in [1.29, 1.82) is 0 Å². The van der Waals surface area contributed by atoms with E-state index in [0.717, 1.165) is 36.6 Å². The number of nitrogens with one attached hydrogen (secondary N) is 1. The van der Waals surface area contributed by atoms with Crippen molar-refractivity contribution >= 4 is 35.6 Å². The lowest BCUT2D eigenvalue weighted by Gasteiger charge is -2.10. The molecule has 0 fully saturated rings. The van der Waals surface area contributed by atoms with Crippen molar-refractivity contribution in [3.05, 3.63) is 29.8 Å². The summed E-state index contributed by atoms with van der Waals surface area (Å²) in [5, 5.41) is 3.11. The van der Waals surface area contributed by atoms with Gasteiger partial charge in [-0.05, 0) is 37.8 Å². The zero-order chi connectivity index (χ0) is 15.2. The zero-order valence-electron chi connectivity index (χ0n) is 13.2. The maximum atomic E-state index is 5.94. The van der Waals surface area contributed by atoms with Gasteiger partial charge in [-0.2, -0.15) is 0 Å². The fourth-order valence-corrected chi connectivity index (χ4v) is 2.71. The third-order valence-corrected chi connectivity index (χ3v) is 3.87. The van der Waals surface area contributed by atoms with Crippen molar-refractivity contribution in [2.24, 2.45) is 10.7 Å². The fourth-order valence-electron chi connectivity index (χ4n) is 2.71. The highest BCUT2D eigenvalue weighted by Crippen LogP contribution is 2.32. The van der Waals surface area contributed by atoms with Crippen LogP contribution in [0, 0.1) is 0 Å². The van der Waals surface area contributed by atoms with E-state index >= 15 is 0 Å². The van der Waals surface area contributed by atoms with Crippen LogP contribution < -0.4 is 20.5 Å². The maximum absolute atomic E-state index is 5.94. The van der Waals surface area contributed by atoms with Crippen molar-refractivity contribution in [2.75, 3.05) is 25.1 Å². The van der Waals surface area contributed by atoms with E-state index in [4.69, 9.17) is 15.2 Å². The van der Waals surface area contributed by atoms with Gasteiger partial charge in [-0.1, -0.05) is 11.6 Å². The minimum Gasteiger partial charge on any atom is -0.490 e. The zero-order valence-corrected chi connectivity index (χ0v) is 15.5. The Hall–Kier alpha value is -1.44. The van der Waals surface area contributed by atoms with Gasteiger partial charge in [-0.3, -0.25) is 4.99 Å². The van der Waals surface area contributed by atoms with Crippen LogP contribution in [0.15, 0.2) is 34.8 Å². The standard InChI is InChI=1S/C17H23N3O2.HI/c18-17(19-9-8-13-4-1-2-5-13)20-14-6-7-15-16(12-14)22-11-3-10-21-15;/h4,6-7,12H,1-3,5,8-11H2,(H3,18,19,20);1H. The summed E-state index contributed by atoms with van der Waals surface area (Å²) >= 11 is 0. The summed E-state index contributed by atoms with van der Waals surface area (Å²) in [6, 6.07) is 5.73. The Balaban J connectivity index is 0.00000192. The van der Waals surface area contributed by atoms with Gasteiger partial charge >= 0.3 is 0 Å². The van der Waals surface area contributed by atoms with Crippen LogP contribution in [0.1, 0.15) is 32.1 Å². The normalized spacial score (nSPS) is 17.0.